The molecule has 1 saturated heterocycles. The largest absolute Gasteiger partial charge is 0.368 e. The maximum absolute atomic E-state index is 12.9. The van der Waals surface area contributed by atoms with Crippen LogP contribution in [0.1, 0.15) is 12.5 Å². The number of carbonyl (C=O) groups excluding carboxylic acids is 2. The molecule has 0 bridgehead atoms. The zero-order chi connectivity index (χ0) is 19.9. The number of carbonyl (C=O) groups is 2. The van der Waals surface area contributed by atoms with Crippen molar-refractivity contribution in [3.63, 3.8) is 0 Å². The van der Waals surface area contributed by atoms with E-state index in [4.69, 9.17) is 0 Å². The van der Waals surface area contributed by atoms with E-state index in [0.29, 0.717) is 13.1 Å². The molecule has 3 amide bonds. The molecule has 148 valence electrons. The molecule has 0 unspecified atom stereocenters. The van der Waals surface area contributed by atoms with Crippen molar-refractivity contribution in [1.82, 2.24) is 15.5 Å². The Labute approximate surface area is 164 Å². The summed E-state index contributed by atoms with van der Waals surface area (Å²) in [7, 11) is 0. The van der Waals surface area contributed by atoms with Gasteiger partial charge in [0.05, 0.1) is 0 Å². The van der Waals surface area contributed by atoms with Crippen molar-refractivity contribution in [2.75, 3.05) is 31.1 Å². The van der Waals surface area contributed by atoms with Crippen molar-refractivity contribution in [1.29, 1.82) is 0 Å². The second-order valence-corrected chi connectivity index (χ2v) is 6.83. The highest BCUT2D eigenvalue weighted by molar-refractivity contribution is 5.86. The van der Waals surface area contributed by atoms with Gasteiger partial charge >= 0.3 is 6.03 Å². The standard InChI is InChI=1S/C21H25FN4O2/c1-16(20(27)23-15-17-7-9-18(22)10-8-17)24-21(28)26-13-11-25(12-14-26)19-5-3-2-4-6-19/h2-10,16H,11-15H2,1H3,(H,23,27)(H,24,28)/t16-/m0/s1. The second-order valence-electron chi connectivity index (χ2n) is 6.83. The van der Waals surface area contributed by atoms with Crippen LogP contribution in [0.2, 0.25) is 0 Å². The van der Waals surface area contributed by atoms with Gasteiger partial charge in [0.2, 0.25) is 5.91 Å². The molecule has 1 aliphatic heterocycles. The number of hydrogen-bond acceptors (Lipinski definition) is 3. The van der Waals surface area contributed by atoms with Gasteiger partial charge in [0, 0.05) is 38.4 Å². The van der Waals surface area contributed by atoms with Gasteiger partial charge in [-0.1, -0.05) is 30.3 Å². The van der Waals surface area contributed by atoms with Gasteiger partial charge in [-0.3, -0.25) is 4.79 Å². The predicted octanol–water partition coefficient (Wildman–Crippen LogP) is 2.36. The molecular weight excluding hydrogens is 359 g/mol. The van der Waals surface area contributed by atoms with Crippen LogP contribution in [0.15, 0.2) is 54.6 Å². The molecule has 1 atom stereocenters. The van der Waals surface area contributed by atoms with E-state index in [2.05, 4.69) is 27.7 Å². The molecule has 2 aromatic carbocycles. The van der Waals surface area contributed by atoms with Crippen LogP contribution in [0.5, 0.6) is 0 Å². The van der Waals surface area contributed by atoms with Gasteiger partial charge in [-0.15, -0.1) is 0 Å². The van der Waals surface area contributed by atoms with Gasteiger partial charge in [0.15, 0.2) is 0 Å². The highest BCUT2D eigenvalue weighted by Crippen LogP contribution is 2.15. The lowest BCUT2D eigenvalue weighted by molar-refractivity contribution is -0.122. The number of piperazine rings is 1. The number of halogens is 1. The van der Waals surface area contributed by atoms with Gasteiger partial charge < -0.3 is 20.4 Å². The summed E-state index contributed by atoms with van der Waals surface area (Å²) in [6.45, 7) is 4.65. The van der Waals surface area contributed by atoms with E-state index < -0.39 is 6.04 Å². The SMILES string of the molecule is C[C@H](NC(=O)N1CCN(c2ccccc2)CC1)C(=O)NCc1ccc(F)cc1. The third kappa shape index (κ3) is 5.22. The Balaban J connectivity index is 1.42. The zero-order valence-electron chi connectivity index (χ0n) is 15.9. The van der Waals surface area contributed by atoms with Crippen LogP contribution in [0.25, 0.3) is 0 Å². The molecule has 1 fully saturated rings. The molecule has 2 N–H and O–H groups in total. The maximum atomic E-state index is 12.9. The van der Waals surface area contributed by atoms with Crippen molar-refractivity contribution < 1.29 is 14.0 Å². The fourth-order valence-electron chi connectivity index (χ4n) is 3.09. The van der Waals surface area contributed by atoms with E-state index in [1.807, 2.05) is 18.2 Å². The summed E-state index contributed by atoms with van der Waals surface area (Å²) in [6.07, 6.45) is 0. The van der Waals surface area contributed by atoms with Crippen molar-refractivity contribution in [2.24, 2.45) is 0 Å². The van der Waals surface area contributed by atoms with Crippen molar-refractivity contribution in [3.05, 3.63) is 66.0 Å². The third-order valence-electron chi connectivity index (χ3n) is 4.80. The average molecular weight is 384 g/mol. The fourth-order valence-corrected chi connectivity index (χ4v) is 3.09. The molecule has 6 nitrogen and oxygen atoms in total. The Kier molecular flexibility index (Phi) is 6.47. The first kappa shape index (κ1) is 19.7. The van der Waals surface area contributed by atoms with Gasteiger partial charge in [0.25, 0.3) is 0 Å². The molecular formula is C21H25FN4O2. The first-order valence-corrected chi connectivity index (χ1v) is 9.40. The Hall–Kier alpha value is -3.09. The Morgan fingerprint density at radius 1 is 1.00 bits per heavy atom. The normalized spacial score (nSPS) is 15.1. The lowest BCUT2D eigenvalue weighted by Gasteiger charge is -2.36. The van der Waals surface area contributed by atoms with E-state index in [9.17, 15) is 14.0 Å². The summed E-state index contributed by atoms with van der Waals surface area (Å²) < 4.78 is 12.9. The molecule has 2 aromatic rings. The molecule has 1 aliphatic rings. The lowest BCUT2D eigenvalue weighted by Crippen LogP contribution is -2.55. The van der Waals surface area contributed by atoms with E-state index in [1.54, 1.807) is 24.0 Å². The smallest absolute Gasteiger partial charge is 0.318 e. The van der Waals surface area contributed by atoms with Crippen molar-refractivity contribution >= 4 is 17.6 Å². The Bertz CT molecular complexity index is 790. The predicted molar refractivity (Wildman–Crippen MR) is 106 cm³/mol. The van der Waals surface area contributed by atoms with Crippen LogP contribution in [0, 0.1) is 5.82 Å². The number of nitrogens with zero attached hydrogens (tertiary/aromatic N) is 2. The fraction of sp³-hybridized carbons (Fsp3) is 0.333. The number of anilines is 1. The molecule has 0 saturated carbocycles. The summed E-state index contributed by atoms with van der Waals surface area (Å²) in [6, 6.07) is 15.1. The zero-order valence-corrected chi connectivity index (χ0v) is 15.9. The maximum Gasteiger partial charge on any atom is 0.318 e. The van der Waals surface area contributed by atoms with Crippen LogP contribution >= 0.6 is 0 Å². The molecule has 0 aliphatic carbocycles. The molecule has 7 heteroatoms. The third-order valence-corrected chi connectivity index (χ3v) is 4.80. The van der Waals surface area contributed by atoms with E-state index in [1.165, 1.54) is 12.1 Å². The summed E-state index contributed by atoms with van der Waals surface area (Å²) >= 11 is 0. The summed E-state index contributed by atoms with van der Waals surface area (Å²) in [5.41, 5.74) is 1.95. The average Bonchev–Trinajstić information content (AvgIpc) is 2.73. The number of urea groups is 1. The van der Waals surface area contributed by atoms with Crippen molar-refractivity contribution in [3.8, 4) is 0 Å². The van der Waals surface area contributed by atoms with Crippen LogP contribution in [0.3, 0.4) is 0 Å². The van der Waals surface area contributed by atoms with Crippen LogP contribution in [-0.2, 0) is 11.3 Å². The number of hydrogen-bond donors (Lipinski definition) is 2. The highest BCUT2D eigenvalue weighted by Gasteiger charge is 2.24. The number of benzene rings is 2. The van der Waals surface area contributed by atoms with Gasteiger partial charge in [-0.25, -0.2) is 9.18 Å². The first-order valence-electron chi connectivity index (χ1n) is 9.40. The molecule has 28 heavy (non-hydrogen) atoms. The number of para-hydroxylation sites is 1. The number of rotatable bonds is 5. The summed E-state index contributed by atoms with van der Waals surface area (Å²) in [4.78, 5) is 28.6. The Morgan fingerprint density at radius 3 is 2.29 bits per heavy atom. The molecule has 0 radical (unpaired) electrons. The summed E-state index contributed by atoms with van der Waals surface area (Å²) in [5, 5.41) is 5.50. The van der Waals surface area contributed by atoms with Crippen LogP contribution in [0.4, 0.5) is 14.9 Å². The number of nitrogens with one attached hydrogen (secondary N) is 2. The molecule has 0 aromatic heterocycles. The molecule has 3 rings (SSSR count). The quantitative estimate of drug-likeness (QED) is 0.832. The van der Waals surface area contributed by atoms with Gasteiger partial charge in [0.1, 0.15) is 11.9 Å². The Morgan fingerprint density at radius 2 is 1.64 bits per heavy atom. The first-order chi connectivity index (χ1) is 13.5. The molecule has 0 spiro atoms. The number of amides is 3. The summed E-state index contributed by atoms with van der Waals surface area (Å²) in [5.74, 6) is -0.594. The van der Waals surface area contributed by atoms with Gasteiger partial charge in [-0.2, -0.15) is 0 Å². The van der Waals surface area contributed by atoms with Crippen molar-refractivity contribution in [2.45, 2.75) is 19.5 Å². The minimum atomic E-state index is -0.653. The molecule has 1 heterocycles. The monoisotopic (exact) mass is 384 g/mol. The van der Waals surface area contributed by atoms with Gasteiger partial charge in [-0.05, 0) is 36.8 Å². The minimum Gasteiger partial charge on any atom is -0.368 e. The minimum absolute atomic E-state index is 0.239. The topological polar surface area (TPSA) is 64.7 Å². The van der Waals surface area contributed by atoms with E-state index in [-0.39, 0.29) is 24.3 Å². The lowest BCUT2D eigenvalue weighted by atomic mass is 10.2. The van der Waals surface area contributed by atoms with E-state index >= 15 is 0 Å². The van der Waals surface area contributed by atoms with Crippen LogP contribution < -0.4 is 15.5 Å². The van der Waals surface area contributed by atoms with Crippen LogP contribution in [-0.4, -0.2) is 49.1 Å². The second kappa shape index (κ2) is 9.21. The highest BCUT2D eigenvalue weighted by atomic mass is 19.1. The van der Waals surface area contributed by atoms with E-state index in [0.717, 1.165) is 24.3 Å².